The number of carbonyl (C=O) groups excluding carboxylic acids is 3. The van der Waals surface area contributed by atoms with Crippen LogP contribution in [-0.4, -0.2) is 56.3 Å². The molecule has 176 valence electrons. The summed E-state index contributed by atoms with van der Waals surface area (Å²) in [7, 11) is 1.40. The highest BCUT2D eigenvalue weighted by atomic mass is 19.1. The largest absolute Gasteiger partial charge is 0.494 e. The lowest BCUT2D eigenvalue weighted by Crippen LogP contribution is -2.41. The van der Waals surface area contributed by atoms with E-state index in [2.05, 4.69) is 21.5 Å². The summed E-state index contributed by atoms with van der Waals surface area (Å²) in [4.78, 5) is 37.1. The number of amides is 3. The number of hydrogen-bond donors (Lipinski definition) is 4. The van der Waals surface area contributed by atoms with Gasteiger partial charge in [0.1, 0.15) is 17.0 Å². The summed E-state index contributed by atoms with van der Waals surface area (Å²) >= 11 is 0. The van der Waals surface area contributed by atoms with Crippen LogP contribution in [-0.2, 0) is 9.53 Å². The minimum absolute atomic E-state index is 0.00737. The Balaban J connectivity index is 1.88. The summed E-state index contributed by atoms with van der Waals surface area (Å²) < 4.78 is 26.4. The monoisotopic (exact) mass is 451 g/mol. The molecule has 0 aromatic heterocycles. The number of alkyl carbamates (subject to hydrolysis) is 1. The number of methoxy groups -OCH3 is 1. The number of rotatable bonds is 8. The molecule has 10 nitrogen and oxygen atoms in total. The van der Waals surface area contributed by atoms with Gasteiger partial charge in [0.2, 0.25) is 6.41 Å². The van der Waals surface area contributed by atoms with Gasteiger partial charge in [0, 0.05) is 19.1 Å². The number of ether oxygens (including phenoxy) is 2. The summed E-state index contributed by atoms with van der Waals surface area (Å²) in [6, 6.07) is 1.32. The van der Waals surface area contributed by atoms with Gasteiger partial charge in [-0.15, -0.1) is 0 Å². The van der Waals surface area contributed by atoms with Gasteiger partial charge in [0.15, 0.2) is 5.82 Å². The van der Waals surface area contributed by atoms with Crippen LogP contribution in [0.1, 0.15) is 50.4 Å². The molecule has 1 unspecified atom stereocenters. The Labute approximate surface area is 186 Å². The molecule has 3 rings (SSSR count). The number of halogens is 1. The van der Waals surface area contributed by atoms with E-state index in [1.807, 2.05) is 0 Å². The zero-order chi connectivity index (χ0) is 23.5. The number of anilines is 2. The predicted octanol–water partition coefficient (Wildman–Crippen LogP) is 1.90. The van der Waals surface area contributed by atoms with Crippen molar-refractivity contribution in [2.45, 2.75) is 57.7 Å². The maximum atomic E-state index is 15.7. The molecule has 1 saturated heterocycles. The van der Waals surface area contributed by atoms with E-state index in [0.29, 0.717) is 19.4 Å². The van der Waals surface area contributed by atoms with E-state index in [-0.39, 0.29) is 41.3 Å². The Morgan fingerprint density at radius 2 is 1.94 bits per heavy atom. The second-order valence-electron chi connectivity index (χ2n) is 8.88. The van der Waals surface area contributed by atoms with Gasteiger partial charge in [0.25, 0.3) is 5.91 Å². The van der Waals surface area contributed by atoms with Crippen LogP contribution in [0.4, 0.5) is 20.6 Å². The van der Waals surface area contributed by atoms with E-state index in [1.165, 1.54) is 13.2 Å². The molecule has 1 atom stereocenters. The highest BCUT2D eigenvalue weighted by Gasteiger charge is 2.34. The molecule has 1 aliphatic carbocycles. The lowest BCUT2D eigenvalue weighted by molar-refractivity contribution is -0.110. The molecule has 0 radical (unpaired) electrons. The molecule has 2 aliphatic rings. The maximum absolute atomic E-state index is 15.7. The van der Waals surface area contributed by atoms with Crippen molar-refractivity contribution in [1.29, 1.82) is 0 Å². The van der Waals surface area contributed by atoms with Crippen LogP contribution in [0.2, 0.25) is 0 Å². The van der Waals surface area contributed by atoms with Gasteiger partial charge in [-0.1, -0.05) is 0 Å². The van der Waals surface area contributed by atoms with E-state index in [0.717, 1.165) is 12.8 Å². The highest BCUT2D eigenvalue weighted by molar-refractivity contribution is 6.02. The molecular formula is C21H30FN5O5. The number of nitrogens with zero attached hydrogens (tertiary/aromatic N) is 1. The summed E-state index contributed by atoms with van der Waals surface area (Å²) in [5.41, 5.74) is 3.94. The molecule has 1 heterocycles. The van der Waals surface area contributed by atoms with Gasteiger partial charge in [-0.25, -0.2) is 9.18 Å². The van der Waals surface area contributed by atoms with Crippen LogP contribution < -0.4 is 31.1 Å². The first-order valence-corrected chi connectivity index (χ1v) is 10.5. The lowest BCUT2D eigenvalue weighted by Gasteiger charge is -2.26. The first-order valence-electron chi connectivity index (χ1n) is 10.5. The molecule has 3 amide bonds. The molecule has 1 saturated carbocycles. The number of benzene rings is 1. The first kappa shape index (κ1) is 23.4. The van der Waals surface area contributed by atoms with Crippen LogP contribution in [0.15, 0.2) is 6.07 Å². The minimum Gasteiger partial charge on any atom is -0.494 e. The van der Waals surface area contributed by atoms with E-state index < -0.39 is 23.4 Å². The second kappa shape index (κ2) is 9.49. The van der Waals surface area contributed by atoms with Gasteiger partial charge in [0.05, 0.1) is 24.4 Å². The number of hydrazine groups is 1. The fourth-order valence-electron chi connectivity index (χ4n) is 3.54. The minimum atomic E-state index is -0.689. The average Bonchev–Trinajstić information content (AvgIpc) is 3.42. The Bertz CT molecular complexity index is 884. The van der Waals surface area contributed by atoms with Crippen molar-refractivity contribution in [3.05, 3.63) is 17.4 Å². The van der Waals surface area contributed by atoms with Gasteiger partial charge < -0.3 is 25.0 Å². The van der Waals surface area contributed by atoms with E-state index in [4.69, 9.17) is 9.47 Å². The van der Waals surface area contributed by atoms with Crippen LogP contribution >= 0.6 is 0 Å². The Hall–Kier alpha value is -3.24. The molecule has 1 aliphatic heterocycles. The zero-order valence-corrected chi connectivity index (χ0v) is 18.7. The van der Waals surface area contributed by atoms with E-state index in [9.17, 15) is 14.4 Å². The third-order valence-electron chi connectivity index (χ3n) is 5.06. The Morgan fingerprint density at radius 3 is 2.53 bits per heavy atom. The van der Waals surface area contributed by atoms with Gasteiger partial charge >= 0.3 is 6.09 Å². The molecule has 0 spiro atoms. The van der Waals surface area contributed by atoms with Crippen LogP contribution in [0.5, 0.6) is 5.75 Å². The van der Waals surface area contributed by atoms with Crippen molar-refractivity contribution in [2.24, 2.45) is 0 Å². The molecule has 11 heteroatoms. The molecule has 32 heavy (non-hydrogen) atoms. The van der Waals surface area contributed by atoms with E-state index in [1.54, 1.807) is 25.7 Å². The molecule has 1 aromatic rings. The van der Waals surface area contributed by atoms with E-state index >= 15 is 4.39 Å². The lowest BCUT2D eigenvalue weighted by atomic mass is 10.1. The molecule has 2 fully saturated rings. The van der Waals surface area contributed by atoms with Crippen molar-refractivity contribution in [3.8, 4) is 5.75 Å². The molecule has 4 N–H and O–H groups in total. The van der Waals surface area contributed by atoms with Crippen LogP contribution in [0.3, 0.4) is 0 Å². The maximum Gasteiger partial charge on any atom is 0.407 e. The van der Waals surface area contributed by atoms with Gasteiger partial charge in [-0.2, -0.15) is 0 Å². The summed E-state index contributed by atoms with van der Waals surface area (Å²) in [5.74, 6) is -1.12. The summed E-state index contributed by atoms with van der Waals surface area (Å²) in [5, 5.41) is 5.92. The topological polar surface area (TPSA) is 121 Å². The average molecular weight is 451 g/mol. The van der Waals surface area contributed by atoms with Gasteiger partial charge in [-0.3, -0.25) is 20.4 Å². The molecule has 1 aromatic carbocycles. The van der Waals surface area contributed by atoms with Crippen molar-refractivity contribution in [3.63, 3.8) is 0 Å². The SMILES string of the molecule is COc1cc(C(=O)NNC=O)c(N2CCC(NC(=O)OC(C)(C)C)C2)c(F)c1NC1CC1. The highest BCUT2D eigenvalue weighted by Crippen LogP contribution is 2.41. The Morgan fingerprint density at radius 1 is 1.22 bits per heavy atom. The Kier molecular flexibility index (Phi) is 6.95. The first-order chi connectivity index (χ1) is 15.1. The second-order valence-corrected chi connectivity index (χ2v) is 8.88. The quantitative estimate of drug-likeness (QED) is 0.352. The fourth-order valence-corrected chi connectivity index (χ4v) is 3.54. The van der Waals surface area contributed by atoms with Crippen LogP contribution in [0, 0.1) is 5.82 Å². The number of nitrogens with one attached hydrogen (secondary N) is 4. The summed E-state index contributed by atoms with van der Waals surface area (Å²) in [6.07, 6.45) is 2.15. The summed E-state index contributed by atoms with van der Waals surface area (Å²) in [6.45, 7) is 6.01. The number of carbonyl (C=O) groups is 3. The van der Waals surface area contributed by atoms with Crippen molar-refractivity contribution in [1.82, 2.24) is 16.2 Å². The van der Waals surface area contributed by atoms with Crippen molar-refractivity contribution < 1.29 is 28.2 Å². The smallest absolute Gasteiger partial charge is 0.407 e. The zero-order valence-electron chi connectivity index (χ0n) is 18.7. The molecular weight excluding hydrogens is 421 g/mol. The molecule has 0 bridgehead atoms. The van der Waals surface area contributed by atoms with Crippen molar-refractivity contribution >= 4 is 29.8 Å². The van der Waals surface area contributed by atoms with Gasteiger partial charge in [-0.05, 0) is 46.1 Å². The number of hydrogen-bond acceptors (Lipinski definition) is 7. The third kappa shape index (κ3) is 5.71. The fraction of sp³-hybridized carbons (Fsp3) is 0.571. The third-order valence-corrected chi connectivity index (χ3v) is 5.06. The van der Waals surface area contributed by atoms with Crippen molar-refractivity contribution in [2.75, 3.05) is 30.4 Å². The predicted molar refractivity (Wildman–Crippen MR) is 116 cm³/mol. The normalized spacial score (nSPS) is 18.0. The standard InChI is InChI=1S/C21H30FN5O5/c1-21(2,3)32-20(30)25-13-7-8-27(10-13)18-14(19(29)26-23-11-28)9-15(31-4)17(16(18)22)24-12-5-6-12/h9,11-13,24H,5-8,10H2,1-4H3,(H,23,28)(H,25,30)(H,26,29). The van der Waals surface area contributed by atoms with Crippen LogP contribution in [0.25, 0.3) is 0 Å².